The topological polar surface area (TPSA) is 26.3 Å². The molecule has 2 heteroatoms. The van der Waals surface area contributed by atoms with E-state index in [1.54, 1.807) is 0 Å². The highest BCUT2D eigenvalue weighted by Crippen LogP contribution is 2.10. The molecule has 1 rings (SSSR count). The van der Waals surface area contributed by atoms with Crippen LogP contribution in [0.1, 0.15) is 64.7 Å². The minimum Gasteiger partial charge on any atom is -0.461 e. The van der Waals surface area contributed by atoms with Crippen LogP contribution < -0.4 is 0 Å². The largest absolute Gasteiger partial charge is 0.461 e. The third-order valence-electron chi connectivity index (χ3n) is 3.30. The van der Waals surface area contributed by atoms with Crippen LogP contribution in [0.5, 0.6) is 0 Å². The molecule has 1 aliphatic rings. The van der Waals surface area contributed by atoms with E-state index >= 15 is 0 Å². The number of allylic oxidation sites excluding steroid dienone is 3. The van der Waals surface area contributed by atoms with Crippen molar-refractivity contribution in [2.75, 3.05) is 6.61 Å². The van der Waals surface area contributed by atoms with Gasteiger partial charge in [-0.2, -0.15) is 0 Å². The Morgan fingerprint density at radius 3 is 2.56 bits per heavy atom. The second-order valence-corrected chi connectivity index (χ2v) is 5.05. The first-order valence-electron chi connectivity index (χ1n) is 7.25. The molecule has 0 amide bonds. The number of carbonyl (C=O) groups is 1. The molecule has 0 saturated carbocycles. The molecule has 0 fully saturated rings. The number of rotatable bonds is 0. The number of hydrogen-bond acceptors (Lipinski definition) is 2. The van der Waals surface area contributed by atoms with E-state index in [2.05, 4.69) is 19.1 Å². The number of carbonyl (C=O) groups excluding carboxylic acids is 1. The Kier molecular flexibility index (Phi) is 8.28. The maximum atomic E-state index is 11.4. The summed E-state index contributed by atoms with van der Waals surface area (Å²) in [6.07, 6.45) is 16.4. The smallest absolute Gasteiger partial charge is 0.306 e. The summed E-state index contributed by atoms with van der Waals surface area (Å²) in [5.41, 5.74) is 1.31. The van der Waals surface area contributed by atoms with Gasteiger partial charge in [0, 0.05) is 6.42 Å². The van der Waals surface area contributed by atoms with Crippen LogP contribution >= 0.6 is 0 Å². The fraction of sp³-hybridized carbons (Fsp3) is 0.688. The summed E-state index contributed by atoms with van der Waals surface area (Å²) in [7, 11) is 0. The lowest BCUT2D eigenvalue weighted by Gasteiger charge is -2.04. The summed E-state index contributed by atoms with van der Waals surface area (Å²) in [5.74, 6) is -0.0500. The molecular weight excluding hydrogens is 224 g/mol. The maximum absolute atomic E-state index is 11.4. The monoisotopic (exact) mass is 250 g/mol. The molecule has 0 aromatic rings. The zero-order valence-corrected chi connectivity index (χ0v) is 11.6. The van der Waals surface area contributed by atoms with E-state index < -0.39 is 0 Å². The van der Waals surface area contributed by atoms with Gasteiger partial charge >= 0.3 is 5.97 Å². The van der Waals surface area contributed by atoms with Crippen molar-refractivity contribution in [3.63, 3.8) is 0 Å². The fourth-order valence-corrected chi connectivity index (χ4v) is 2.06. The Bertz CT molecular complexity index is 289. The predicted octanol–water partition coefficient (Wildman–Crippen LogP) is 4.56. The van der Waals surface area contributed by atoms with Crippen molar-refractivity contribution in [2.45, 2.75) is 64.7 Å². The zero-order valence-electron chi connectivity index (χ0n) is 11.6. The summed E-state index contributed by atoms with van der Waals surface area (Å²) in [5, 5.41) is 0. The van der Waals surface area contributed by atoms with E-state index in [9.17, 15) is 4.79 Å². The van der Waals surface area contributed by atoms with Crippen LogP contribution in [0, 0.1) is 0 Å². The van der Waals surface area contributed by atoms with Crippen molar-refractivity contribution in [1.82, 2.24) is 0 Å². The molecule has 1 heterocycles. The van der Waals surface area contributed by atoms with Gasteiger partial charge in [0.1, 0.15) is 6.61 Å². The van der Waals surface area contributed by atoms with E-state index in [-0.39, 0.29) is 5.97 Å². The molecule has 0 bridgehead atoms. The van der Waals surface area contributed by atoms with Crippen LogP contribution in [0.15, 0.2) is 23.8 Å². The molecule has 2 nitrogen and oxygen atoms in total. The van der Waals surface area contributed by atoms with Crippen LogP contribution in [0.2, 0.25) is 0 Å². The van der Waals surface area contributed by atoms with Crippen LogP contribution in [0.3, 0.4) is 0 Å². The standard InChI is InChI=1S/C16H26O2/c1-15-11-9-7-5-3-2-4-6-8-10-12-16(17)18-14-13-15/h5,7,13H,2-4,6,8-12,14H2,1H3/b7-5?,15-13+. The SMILES string of the molecule is C/C1=C\COC(=O)CCCCCCCC=CCC1. The normalized spacial score (nSPS) is 24.1. The molecule has 18 heavy (non-hydrogen) atoms. The van der Waals surface area contributed by atoms with Crippen molar-refractivity contribution in [2.24, 2.45) is 0 Å². The van der Waals surface area contributed by atoms with Crippen molar-refractivity contribution < 1.29 is 9.53 Å². The van der Waals surface area contributed by atoms with Gasteiger partial charge in [0.2, 0.25) is 0 Å². The van der Waals surface area contributed by atoms with Crippen LogP contribution in [0.25, 0.3) is 0 Å². The molecule has 1 aliphatic heterocycles. The van der Waals surface area contributed by atoms with Gasteiger partial charge < -0.3 is 4.74 Å². The van der Waals surface area contributed by atoms with Crippen molar-refractivity contribution in [1.29, 1.82) is 0 Å². The summed E-state index contributed by atoms with van der Waals surface area (Å²) in [6, 6.07) is 0. The summed E-state index contributed by atoms with van der Waals surface area (Å²) in [6.45, 7) is 2.54. The first-order chi connectivity index (χ1) is 8.79. The number of ether oxygens (including phenoxy) is 1. The van der Waals surface area contributed by atoms with Gasteiger partial charge in [0.15, 0.2) is 0 Å². The molecule has 102 valence electrons. The lowest BCUT2D eigenvalue weighted by molar-refractivity contribution is -0.142. The van der Waals surface area contributed by atoms with E-state index in [0.717, 1.165) is 25.7 Å². The molecule has 0 aliphatic carbocycles. The van der Waals surface area contributed by atoms with Crippen LogP contribution in [-0.4, -0.2) is 12.6 Å². The lowest BCUT2D eigenvalue weighted by Crippen LogP contribution is -2.04. The van der Waals surface area contributed by atoms with E-state index in [4.69, 9.17) is 4.74 Å². The summed E-state index contributed by atoms with van der Waals surface area (Å²) >= 11 is 0. The van der Waals surface area contributed by atoms with Gasteiger partial charge in [-0.15, -0.1) is 0 Å². The molecule has 0 spiro atoms. The lowest BCUT2D eigenvalue weighted by atomic mass is 10.1. The quantitative estimate of drug-likeness (QED) is 0.465. The molecule has 0 radical (unpaired) electrons. The van der Waals surface area contributed by atoms with E-state index in [0.29, 0.717) is 13.0 Å². The highest BCUT2D eigenvalue weighted by Gasteiger charge is 2.01. The summed E-state index contributed by atoms with van der Waals surface area (Å²) < 4.78 is 5.18. The molecule has 0 aromatic heterocycles. The molecule has 0 atom stereocenters. The maximum Gasteiger partial charge on any atom is 0.306 e. The Morgan fingerprint density at radius 2 is 1.67 bits per heavy atom. The van der Waals surface area contributed by atoms with Crippen molar-refractivity contribution in [3.8, 4) is 0 Å². The molecule has 0 N–H and O–H groups in total. The van der Waals surface area contributed by atoms with Gasteiger partial charge in [0.25, 0.3) is 0 Å². The van der Waals surface area contributed by atoms with Gasteiger partial charge in [-0.05, 0) is 45.1 Å². The van der Waals surface area contributed by atoms with Gasteiger partial charge in [0.05, 0.1) is 0 Å². The number of esters is 1. The van der Waals surface area contributed by atoms with Crippen LogP contribution in [-0.2, 0) is 9.53 Å². The van der Waals surface area contributed by atoms with E-state index in [1.165, 1.54) is 31.3 Å². The van der Waals surface area contributed by atoms with Gasteiger partial charge in [-0.25, -0.2) is 0 Å². The third kappa shape index (κ3) is 8.10. The Labute approximate surface area is 111 Å². The Balaban J connectivity index is 2.36. The minimum absolute atomic E-state index is 0.0500. The van der Waals surface area contributed by atoms with Crippen LogP contribution in [0.4, 0.5) is 0 Å². The highest BCUT2D eigenvalue weighted by atomic mass is 16.5. The molecule has 0 unspecified atom stereocenters. The average Bonchev–Trinajstić information content (AvgIpc) is 2.34. The van der Waals surface area contributed by atoms with Crippen molar-refractivity contribution in [3.05, 3.63) is 23.8 Å². The Morgan fingerprint density at radius 1 is 0.944 bits per heavy atom. The number of hydrogen-bond donors (Lipinski definition) is 0. The first kappa shape index (κ1) is 15.0. The second-order valence-electron chi connectivity index (χ2n) is 5.05. The Hall–Kier alpha value is -1.05. The molecule has 0 saturated heterocycles. The third-order valence-corrected chi connectivity index (χ3v) is 3.30. The second kappa shape index (κ2) is 9.93. The number of cyclic esters (lactones) is 1. The zero-order chi connectivity index (χ0) is 13.1. The minimum atomic E-state index is -0.0500. The first-order valence-corrected chi connectivity index (χ1v) is 7.25. The molecule has 0 aromatic carbocycles. The predicted molar refractivity (Wildman–Crippen MR) is 75.4 cm³/mol. The highest BCUT2D eigenvalue weighted by molar-refractivity contribution is 5.69. The van der Waals surface area contributed by atoms with Gasteiger partial charge in [-0.3, -0.25) is 4.79 Å². The molecular formula is C16H26O2. The van der Waals surface area contributed by atoms with Crippen molar-refractivity contribution >= 4 is 5.97 Å². The summed E-state index contributed by atoms with van der Waals surface area (Å²) in [4.78, 5) is 11.4. The van der Waals surface area contributed by atoms with Gasteiger partial charge in [-0.1, -0.05) is 37.0 Å². The average molecular weight is 250 g/mol. The van der Waals surface area contributed by atoms with E-state index in [1.807, 2.05) is 6.08 Å². The fourth-order valence-electron chi connectivity index (χ4n) is 2.06.